The van der Waals surface area contributed by atoms with Crippen molar-refractivity contribution in [3.8, 4) is 0 Å². The molecule has 1 aromatic heterocycles. The van der Waals surface area contributed by atoms with E-state index in [0.29, 0.717) is 16.3 Å². The highest BCUT2D eigenvalue weighted by Gasteiger charge is 2.53. The lowest BCUT2D eigenvalue weighted by molar-refractivity contribution is -0.123. The van der Waals surface area contributed by atoms with Crippen molar-refractivity contribution < 1.29 is 4.79 Å². The number of nitrogens with zero attached hydrogens (tertiary/aromatic N) is 2. The molecule has 0 unspecified atom stereocenters. The number of thioether (sulfide) groups is 1. The smallest absolute Gasteiger partial charge is 0.230 e. The van der Waals surface area contributed by atoms with E-state index in [9.17, 15) is 4.79 Å². The number of carbonyl (C=O) groups is 1. The van der Waals surface area contributed by atoms with Crippen LogP contribution in [0.5, 0.6) is 0 Å². The van der Waals surface area contributed by atoms with Crippen molar-refractivity contribution in [1.29, 1.82) is 0 Å². The highest BCUT2D eigenvalue weighted by atomic mass is 32.2. The fourth-order valence-corrected chi connectivity index (χ4v) is 6.21. The van der Waals surface area contributed by atoms with Crippen LogP contribution in [0.25, 0.3) is 0 Å². The molecule has 1 aromatic rings. The first-order valence-corrected chi connectivity index (χ1v) is 9.61. The fourth-order valence-electron chi connectivity index (χ4n) is 5.60. The number of hydrogen-bond donors (Lipinski definition) is 3. The molecule has 0 spiro atoms. The molecule has 4 aliphatic rings. The van der Waals surface area contributed by atoms with Crippen molar-refractivity contribution in [2.75, 3.05) is 11.5 Å². The van der Waals surface area contributed by atoms with Crippen LogP contribution >= 0.6 is 11.8 Å². The first kappa shape index (κ1) is 15.3. The van der Waals surface area contributed by atoms with E-state index in [-0.39, 0.29) is 17.9 Å². The Kier molecular flexibility index (Phi) is 3.78. The number of anilines is 1. The van der Waals surface area contributed by atoms with E-state index in [1.165, 1.54) is 50.3 Å². The fraction of sp³-hybridized carbons (Fsp3) is 0.812. The van der Waals surface area contributed by atoms with E-state index >= 15 is 0 Å². The van der Waals surface area contributed by atoms with Crippen LogP contribution in [0.3, 0.4) is 0 Å². The molecule has 1 amide bonds. The van der Waals surface area contributed by atoms with Gasteiger partial charge in [-0.3, -0.25) is 4.79 Å². The van der Waals surface area contributed by atoms with Gasteiger partial charge < -0.3 is 11.1 Å². The van der Waals surface area contributed by atoms with E-state index in [2.05, 4.69) is 27.4 Å². The molecular formula is C16H25N5OS. The number of nitrogens with two attached hydrogens (primary N) is 1. The summed E-state index contributed by atoms with van der Waals surface area (Å²) in [5.74, 6) is 3.42. The molecule has 23 heavy (non-hydrogen) atoms. The lowest BCUT2D eigenvalue weighted by Crippen LogP contribution is -2.56. The summed E-state index contributed by atoms with van der Waals surface area (Å²) in [5, 5.41) is 10.3. The monoisotopic (exact) mass is 335 g/mol. The van der Waals surface area contributed by atoms with Crippen molar-refractivity contribution in [2.45, 2.75) is 56.6 Å². The predicted octanol–water partition coefficient (Wildman–Crippen LogP) is 2.20. The maximum absolute atomic E-state index is 12.3. The number of H-pyrrole nitrogens is 1. The van der Waals surface area contributed by atoms with Gasteiger partial charge in [-0.05, 0) is 68.6 Å². The van der Waals surface area contributed by atoms with E-state index < -0.39 is 0 Å². The van der Waals surface area contributed by atoms with Gasteiger partial charge in [0.25, 0.3) is 0 Å². The molecule has 0 saturated heterocycles. The molecule has 1 atom stereocenters. The number of aromatic nitrogens is 3. The second-order valence-corrected chi connectivity index (χ2v) is 8.80. The molecule has 126 valence electrons. The molecular weight excluding hydrogens is 310 g/mol. The third-order valence-electron chi connectivity index (χ3n) is 6.20. The highest BCUT2D eigenvalue weighted by molar-refractivity contribution is 7.99. The Bertz CT molecular complexity index is 566. The zero-order valence-corrected chi connectivity index (χ0v) is 14.4. The highest BCUT2D eigenvalue weighted by Crippen LogP contribution is 2.61. The van der Waals surface area contributed by atoms with Crippen LogP contribution in [0.15, 0.2) is 5.16 Å². The topological polar surface area (TPSA) is 96.7 Å². The molecule has 4 aliphatic carbocycles. The maximum atomic E-state index is 12.3. The van der Waals surface area contributed by atoms with Crippen LogP contribution in [0, 0.1) is 23.2 Å². The van der Waals surface area contributed by atoms with Crippen LogP contribution in [0.4, 0.5) is 5.95 Å². The summed E-state index contributed by atoms with van der Waals surface area (Å²) in [5.41, 5.74) is 5.84. The van der Waals surface area contributed by atoms with Gasteiger partial charge in [0.2, 0.25) is 17.0 Å². The van der Waals surface area contributed by atoms with E-state index in [1.807, 2.05) is 0 Å². The summed E-state index contributed by atoms with van der Waals surface area (Å²) in [4.78, 5) is 16.3. The summed E-state index contributed by atoms with van der Waals surface area (Å²) in [6.45, 7) is 2.21. The number of carbonyl (C=O) groups excluding carboxylic acids is 1. The predicted molar refractivity (Wildman–Crippen MR) is 89.7 cm³/mol. The van der Waals surface area contributed by atoms with Crippen LogP contribution < -0.4 is 11.1 Å². The molecule has 0 aliphatic heterocycles. The van der Waals surface area contributed by atoms with Gasteiger partial charge in [-0.15, -0.1) is 5.10 Å². The van der Waals surface area contributed by atoms with Crippen LogP contribution in [0.1, 0.15) is 45.4 Å². The Morgan fingerprint density at radius 1 is 1.35 bits per heavy atom. The summed E-state index contributed by atoms with van der Waals surface area (Å²) in [6, 6.07) is 0.265. The van der Waals surface area contributed by atoms with Crippen molar-refractivity contribution in [1.82, 2.24) is 20.5 Å². The van der Waals surface area contributed by atoms with Crippen molar-refractivity contribution in [3.63, 3.8) is 0 Å². The Morgan fingerprint density at radius 3 is 2.48 bits per heavy atom. The largest absolute Gasteiger partial charge is 0.368 e. The average molecular weight is 335 g/mol. The van der Waals surface area contributed by atoms with Gasteiger partial charge in [-0.2, -0.15) is 4.98 Å². The molecule has 4 fully saturated rings. The summed E-state index contributed by atoms with van der Waals surface area (Å²) < 4.78 is 0. The molecule has 7 heteroatoms. The first-order chi connectivity index (χ1) is 11.0. The normalized spacial score (nSPS) is 36.1. The Balaban J connectivity index is 1.34. The zero-order chi connectivity index (χ0) is 16.0. The van der Waals surface area contributed by atoms with Crippen molar-refractivity contribution in [3.05, 3.63) is 0 Å². The molecule has 6 nitrogen and oxygen atoms in total. The van der Waals surface area contributed by atoms with Gasteiger partial charge in [0, 0.05) is 6.04 Å². The number of aromatic amines is 1. The number of hydrogen-bond acceptors (Lipinski definition) is 5. The molecule has 0 radical (unpaired) electrons. The number of amides is 1. The van der Waals surface area contributed by atoms with Crippen molar-refractivity contribution in [2.24, 2.45) is 23.2 Å². The van der Waals surface area contributed by atoms with Gasteiger partial charge in [0.1, 0.15) is 0 Å². The van der Waals surface area contributed by atoms with Gasteiger partial charge in [0.15, 0.2) is 0 Å². The number of nitrogens with one attached hydrogen (secondary N) is 2. The Labute approximate surface area is 140 Å². The number of nitrogen functional groups attached to an aromatic ring is 1. The summed E-state index contributed by atoms with van der Waals surface area (Å²) in [7, 11) is 0. The summed E-state index contributed by atoms with van der Waals surface area (Å²) >= 11 is 1.32. The molecule has 4 N–H and O–H groups in total. The van der Waals surface area contributed by atoms with Crippen LogP contribution in [0.2, 0.25) is 0 Å². The van der Waals surface area contributed by atoms with Gasteiger partial charge in [0.05, 0.1) is 5.75 Å². The summed E-state index contributed by atoms with van der Waals surface area (Å²) in [6.07, 6.45) is 8.23. The van der Waals surface area contributed by atoms with Crippen LogP contribution in [-0.4, -0.2) is 32.9 Å². The minimum atomic E-state index is 0.0709. The third kappa shape index (κ3) is 2.95. The molecule has 5 rings (SSSR count). The first-order valence-electron chi connectivity index (χ1n) is 8.62. The average Bonchev–Trinajstić information content (AvgIpc) is 2.89. The minimum Gasteiger partial charge on any atom is -0.368 e. The Morgan fingerprint density at radius 2 is 1.96 bits per heavy atom. The van der Waals surface area contributed by atoms with Gasteiger partial charge >= 0.3 is 0 Å². The second-order valence-electron chi connectivity index (χ2n) is 7.86. The molecule has 1 heterocycles. The Hall–Kier alpha value is -1.24. The lowest BCUT2D eigenvalue weighted by atomic mass is 9.48. The molecule has 0 aromatic carbocycles. The second kappa shape index (κ2) is 5.69. The third-order valence-corrected chi connectivity index (χ3v) is 7.04. The van der Waals surface area contributed by atoms with Crippen molar-refractivity contribution >= 4 is 23.6 Å². The molecule has 4 bridgehead atoms. The zero-order valence-electron chi connectivity index (χ0n) is 13.5. The maximum Gasteiger partial charge on any atom is 0.230 e. The van der Waals surface area contributed by atoms with Gasteiger partial charge in [-0.1, -0.05) is 11.8 Å². The lowest BCUT2D eigenvalue weighted by Gasteiger charge is -2.59. The van der Waals surface area contributed by atoms with E-state index in [0.717, 1.165) is 17.8 Å². The van der Waals surface area contributed by atoms with E-state index in [1.54, 1.807) is 0 Å². The number of rotatable bonds is 5. The van der Waals surface area contributed by atoms with Gasteiger partial charge in [-0.25, -0.2) is 5.10 Å². The quantitative estimate of drug-likeness (QED) is 0.717. The SMILES string of the molecule is C[C@H](NC(=O)CSc1n[nH]c(N)n1)C12CC3CC(CC(C3)C1)C2. The minimum absolute atomic E-state index is 0.0709. The van der Waals surface area contributed by atoms with E-state index in [4.69, 9.17) is 5.73 Å². The molecule has 4 saturated carbocycles. The standard InChI is InChI=1S/C16H25N5OS/c1-9(18-13(22)8-23-15-19-14(17)20-21-15)16-5-10-2-11(6-16)4-12(3-10)7-16/h9-12H,2-8H2,1H3,(H,18,22)(H3,17,19,20,21)/t9-,10?,11?,12?,16?/m0/s1. The van der Waals surface area contributed by atoms with Crippen LogP contribution in [-0.2, 0) is 4.79 Å².